The standard InChI is InChI=1S/C11H16BrNO2S/c1-2-5-10(12)8-9-6-3-4-7-11(9)16(13,14)15/h3-4,6-7,10H,2,5,8H2,1H3,(H2,13,14,15). The number of sulfonamides is 1. The van der Waals surface area contributed by atoms with Crippen LogP contribution in [0.2, 0.25) is 0 Å². The zero-order valence-corrected chi connectivity index (χ0v) is 11.6. The minimum Gasteiger partial charge on any atom is -0.225 e. The summed E-state index contributed by atoms with van der Waals surface area (Å²) in [6.07, 6.45) is 2.76. The van der Waals surface area contributed by atoms with Crippen molar-refractivity contribution in [2.45, 2.75) is 35.9 Å². The molecule has 90 valence electrons. The summed E-state index contributed by atoms with van der Waals surface area (Å²) in [7, 11) is -3.61. The first kappa shape index (κ1) is 13.7. The average Bonchev–Trinajstić information content (AvgIpc) is 2.17. The van der Waals surface area contributed by atoms with Gasteiger partial charge in [-0.3, -0.25) is 0 Å². The number of alkyl halides is 1. The topological polar surface area (TPSA) is 60.2 Å². The molecule has 0 aliphatic carbocycles. The van der Waals surface area contributed by atoms with Crippen molar-refractivity contribution in [2.75, 3.05) is 0 Å². The lowest BCUT2D eigenvalue weighted by molar-refractivity contribution is 0.596. The van der Waals surface area contributed by atoms with Crippen LogP contribution in [0.15, 0.2) is 29.2 Å². The van der Waals surface area contributed by atoms with Gasteiger partial charge in [0.15, 0.2) is 0 Å². The van der Waals surface area contributed by atoms with E-state index in [1.807, 2.05) is 12.1 Å². The molecule has 0 fully saturated rings. The Labute approximate surface area is 105 Å². The third kappa shape index (κ3) is 3.88. The van der Waals surface area contributed by atoms with Gasteiger partial charge in [0.2, 0.25) is 10.0 Å². The van der Waals surface area contributed by atoms with Gasteiger partial charge in [0, 0.05) is 4.83 Å². The van der Waals surface area contributed by atoms with E-state index in [0.29, 0.717) is 11.2 Å². The molecule has 2 N–H and O–H groups in total. The Balaban J connectivity index is 2.96. The zero-order valence-electron chi connectivity index (χ0n) is 9.19. The monoisotopic (exact) mass is 305 g/mol. The van der Waals surface area contributed by atoms with Crippen LogP contribution < -0.4 is 5.14 Å². The first-order chi connectivity index (χ1) is 7.45. The van der Waals surface area contributed by atoms with Crippen LogP contribution in [0, 0.1) is 0 Å². The number of benzene rings is 1. The lowest BCUT2D eigenvalue weighted by atomic mass is 10.1. The van der Waals surface area contributed by atoms with Gasteiger partial charge in [0.25, 0.3) is 0 Å². The van der Waals surface area contributed by atoms with Crippen LogP contribution in [0.3, 0.4) is 0 Å². The maximum Gasteiger partial charge on any atom is 0.238 e. The van der Waals surface area contributed by atoms with E-state index in [4.69, 9.17) is 5.14 Å². The number of nitrogens with two attached hydrogens (primary N) is 1. The van der Waals surface area contributed by atoms with Crippen molar-refractivity contribution in [3.05, 3.63) is 29.8 Å². The van der Waals surface area contributed by atoms with Crippen molar-refractivity contribution in [3.63, 3.8) is 0 Å². The van der Waals surface area contributed by atoms with E-state index in [2.05, 4.69) is 22.9 Å². The van der Waals surface area contributed by atoms with Gasteiger partial charge in [-0.05, 0) is 24.5 Å². The Morgan fingerprint density at radius 3 is 2.56 bits per heavy atom. The first-order valence-corrected chi connectivity index (χ1v) is 7.66. The summed E-state index contributed by atoms with van der Waals surface area (Å²) in [6.45, 7) is 2.10. The van der Waals surface area contributed by atoms with Gasteiger partial charge >= 0.3 is 0 Å². The molecule has 1 unspecified atom stereocenters. The van der Waals surface area contributed by atoms with Crippen molar-refractivity contribution >= 4 is 26.0 Å². The molecule has 1 aromatic carbocycles. The summed E-state index contributed by atoms with van der Waals surface area (Å²) < 4.78 is 22.7. The molecule has 16 heavy (non-hydrogen) atoms. The molecule has 0 bridgehead atoms. The van der Waals surface area contributed by atoms with Crippen LogP contribution in [0.5, 0.6) is 0 Å². The second kappa shape index (κ2) is 5.80. The predicted molar refractivity (Wildman–Crippen MR) is 69.1 cm³/mol. The highest BCUT2D eigenvalue weighted by atomic mass is 79.9. The Hall–Kier alpha value is -0.390. The molecule has 3 nitrogen and oxygen atoms in total. The van der Waals surface area contributed by atoms with Gasteiger partial charge in [-0.25, -0.2) is 13.6 Å². The van der Waals surface area contributed by atoms with Crippen LogP contribution in [0.1, 0.15) is 25.3 Å². The van der Waals surface area contributed by atoms with E-state index in [-0.39, 0.29) is 4.90 Å². The normalized spacial score (nSPS) is 13.7. The van der Waals surface area contributed by atoms with Gasteiger partial charge in [-0.1, -0.05) is 47.5 Å². The molecule has 0 amide bonds. The summed E-state index contributed by atoms with van der Waals surface area (Å²) in [5.41, 5.74) is 0.778. The Morgan fingerprint density at radius 2 is 2.00 bits per heavy atom. The molecular formula is C11H16BrNO2S. The molecule has 0 radical (unpaired) electrons. The fourth-order valence-corrected chi connectivity index (χ4v) is 3.20. The molecule has 0 aliphatic heterocycles. The van der Waals surface area contributed by atoms with Crippen LogP contribution >= 0.6 is 15.9 Å². The molecule has 1 rings (SSSR count). The Bertz CT molecular complexity index is 445. The first-order valence-electron chi connectivity index (χ1n) is 5.20. The lowest BCUT2D eigenvalue weighted by Gasteiger charge is -2.11. The van der Waals surface area contributed by atoms with Crippen LogP contribution in [0.4, 0.5) is 0 Å². The van der Waals surface area contributed by atoms with Crippen molar-refractivity contribution in [1.82, 2.24) is 0 Å². The quantitative estimate of drug-likeness (QED) is 0.849. The molecule has 0 aromatic heterocycles. The van der Waals surface area contributed by atoms with Crippen molar-refractivity contribution < 1.29 is 8.42 Å². The largest absolute Gasteiger partial charge is 0.238 e. The summed E-state index contributed by atoms with van der Waals surface area (Å²) in [6, 6.07) is 6.88. The van der Waals surface area contributed by atoms with E-state index < -0.39 is 10.0 Å². The number of hydrogen-bond donors (Lipinski definition) is 1. The number of primary sulfonamides is 1. The van der Waals surface area contributed by atoms with Gasteiger partial charge < -0.3 is 0 Å². The third-order valence-electron chi connectivity index (χ3n) is 2.32. The van der Waals surface area contributed by atoms with Gasteiger partial charge in [-0.2, -0.15) is 0 Å². The molecule has 0 spiro atoms. The maximum atomic E-state index is 11.4. The highest BCUT2D eigenvalue weighted by Crippen LogP contribution is 2.20. The highest BCUT2D eigenvalue weighted by Gasteiger charge is 2.15. The van der Waals surface area contributed by atoms with E-state index in [1.54, 1.807) is 12.1 Å². The maximum absolute atomic E-state index is 11.4. The number of rotatable bonds is 5. The fourth-order valence-electron chi connectivity index (χ4n) is 1.60. The van der Waals surface area contributed by atoms with E-state index in [9.17, 15) is 8.42 Å². The minimum absolute atomic E-state index is 0.232. The zero-order chi connectivity index (χ0) is 12.2. The Morgan fingerprint density at radius 1 is 1.38 bits per heavy atom. The van der Waals surface area contributed by atoms with E-state index in [1.165, 1.54) is 0 Å². The molecule has 1 aromatic rings. The van der Waals surface area contributed by atoms with Gasteiger partial charge in [0.1, 0.15) is 0 Å². The molecule has 0 saturated heterocycles. The summed E-state index contributed by atoms with van der Waals surface area (Å²) in [5.74, 6) is 0. The molecule has 0 aliphatic rings. The number of hydrogen-bond acceptors (Lipinski definition) is 2. The summed E-state index contributed by atoms with van der Waals surface area (Å²) in [5, 5.41) is 5.16. The molecule has 0 saturated carbocycles. The number of halogens is 1. The van der Waals surface area contributed by atoms with E-state index in [0.717, 1.165) is 18.4 Å². The third-order valence-corrected chi connectivity index (χ3v) is 4.12. The predicted octanol–water partition coefficient (Wildman–Crippen LogP) is 2.44. The van der Waals surface area contributed by atoms with E-state index >= 15 is 0 Å². The molecular weight excluding hydrogens is 290 g/mol. The lowest BCUT2D eigenvalue weighted by Crippen LogP contribution is -2.16. The van der Waals surface area contributed by atoms with Gasteiger partial charge in [0.05, 0.1) is 4.90 Å². The van der Waals surface area contributed by atoms with Crippen LogP contribution in [-0.2, 0) is 16.4 Å². The highest BCUT2D eigenvalue weighted by molar-refractivity contribution is 9.09. The van der Waals surface area contributed by atoms with Gasteiger partial charge in [-0.15, -0.1) is 0 Å². The molecule has 5 heteroatoms. The van der Waals surface area contributed by atoms with Crippen molar-refractivity contribution in [1.29, 1.82) is 0 Å². The Kier molecular flexibility index (Phi) is 4.95. The molecule has 1 atom stereocenters. The summed E-state index contributed by atoms with van der Waals surface area (Å²) >= 11 is 3.54. The van der Waals surface area contributed by atoms with Crippen LogP contribution in [-0.4, -0.2) is 13.2 Å². The average molecular weight is 306 g/mol. The SMILES string of the molecule is CCCC(Br)Cc1ccccc1S(N)(=O)=O. The second-order valence-electron chi connectivity index (χ2n) is 3.74. The molecule has 0 heterocycles. The van der Waals surface area contributed by atoms with Crippen molar-refractivity contribution in [3.8, 4) is 0 Å². The second-order valence-corrected chi connectivity index (χ2v) is 6.57. The minimum atomic E-state index is -3.61. The van der Waals surface area contributed by atoms with Crippen molar-refractivity contribution in [2.24, 2.45) is 5.14 Å². The van der Waals surface area contributed by atoms with Crippen LogP contribution in [0.25, 0.3) is 0 Å². The summed E-state index contributed by atoms with van der Waals surface area (Å²) in [4.78, 5) is 0.524. The fraction of sp³-hybridized carbons (Fsp3) is 0.455. The smallest absolute Gasteiger partial charge is 0.225 e.